The summed E-state index contributed by atoms with van der Waals surface area (Å²) in [5.74, 6) is -0.315. The highest BCUT2D eigenvalue weighted by molar-refractivity contribution is 7.98. The van der Waals surface area contributed by atoms with Crippen LogP contribution in [0.2, 0.25) is 0 Å². The fourth-order valence-electron chi connectivity index (χ4n) is 2.15. The smallest absolute Gasteiger partial charge is 0.231 e. The van der Waals surface area contributed by atoms with E-state index in [1.807, 2.05) is 39.2 Å². The van der Waals surface area contributed by atoms with E-state index in [1.165, 1.54) is 0 Å². The maximum atomic E-state index is 12.3. The predicted octanol–water partition coefficient (Wildman–Crippen LogP) is 2.89. The molecule has 0 aliphatic heterocycles. The Balaban J connectivity index is 2.11. The lowest BCUT2D eigenvalue weighted by Crippen LogP contribution is -2.19. The van der Waals surface area contributed by atoms with Gasteiger partial charge in [0, 0.05) is 11.3 Å². The molecule has 0 spiro atoms. The SMILES string of the molecule is CSc1ccc(NC(=O)[C@H](C)c2c(C)n[nH]c2C)cn1. The molecule has 2 heterocycles. The molecule has 0 saturated heterocycles. The van der Waals surface area contributed by atoms with Gasteiger partial charge in [0.1, 0.15) is 0 Å². The number of aromatic nitrogens is 3. The topological polar surface area (TPSA) is 70.7 Å². The highest BCUT2D eigenvalue weighted by atomic mass is 32.2. The van der Waals surface area contributed by atoms with Crippen LogP contribution in [0.25, 0.3) is 0 Å². The van der Waals surface area contributed by atoms with Gasteiger partial charge in [0.05, 0.1) is 28.5 Å². The van der Waals surface area contributed by atoms with E-state index in [-0.39, 0.29) is 11.8 Å². The van der Waals surface area contributed by atoms with Gasteiger partial charge in [-0.1, -0.05) is 0 Å². The van der Waals surface area contributed by atoms with Gasteiger partial charge in [-0.25, -0.2) is 4.98 Å². The molecule has 0 aromatic carbocycles. The minimum atomic E-state index is -0.256. The first-order valence-electron chi connectivity index (χ1n) is 6.35. The quantitative estimate of drug-likeness (QED) is 0.849. The largest absolute Gasteiger partial charge is 0.324 e. The number of amides is 1. The van der Waals surface area contributed by atoms with Crippen LogP contribution in [0, 0.1) is 13.8 Å². The van der Waals surface area contributed by atoms with Crippen molar-refractivity contribution in [2.45, 2.75) is 31.7 Å². The van der Waals surface area contributed by atoms with E-state index in [4.69, 9.17) is 0 Å². The van der Waals surface area contributed by atoms with Crippen molar-refractivity contribution >= 4 is 23.4 Å². The number of hydrogen-bond acceptors (Lipinski definition) is 4. The molecule has 2 aromatic rings. The molecule has 0 fully saturated rings. The summed E-state index contributed by atoms with van der Waals surface area (Å²) in [6, 6.07) is 3.75. The fourth-order valence-corrected chi connectivity index (χ4v) is 2.52. The van der Waals surface area contributed by atoms with Gasteiger partial charge in [0.15, 0.2) is 0 Å². The number of aryl methyl sites for hydroxylation is 2. The molecule has 2 aromatic heterocycles. The molecule has 0 radical (unpaired) electrons. The lowest BCUT2D eigenvalue weighted by molar-refractivity contribution is -0.117. The van der Waals surface area contributed by atoms with Gasteiger partial charge in [0.25, 0.3) is 0 Å². The van der Waals surface area contributed by atoms with Crippen LogP contribution in [-0.2, 0) is 4.79 Å². The molecule has 2 N–H and O–H groups in total. The van der Waals surface area contributed by atoms with Crippen LogP contribution in [0.3, 0.4) is 0 Å². The Kier molecular flexibility index (Phi) is 4.44. The number of carbonyl (C=O) groups is 1. The van der Waals surface area contributed by atoms with Crippen molar-refractivity contribution in [1.82, 2.24) is 15.2 Å². The maximum absolute atomic E-state index is 12.3. The summed E-state index contributed by atoms with van der Waals surface area (Å²) in [5, 5.41) is 10.8. The third kappa shape index (κ3) is 3.01. The van der Waals surface area contributed by atoms with Gasteiger partial charge in [0.2, 0.25) is 5.91 Å². The number of aromatic amines is 1. The first kappa shape index (κ1) is 14.6. The van der Waals surface area contributed by atoms with Crippen molar-refractivity contribution in [3.8, 4) is 0 Å². The summed E-state index contributed by atoms with van der Waals surface area (Å²) in [6.07, 6.45) is 3.64. The van der Waals surface area contributed by atoms with Crippen LogP contribution in [0.4, 0.5) is 5.69 Å². The highest BCUT2D eigenvalue weighted by Gasteiger charge is 2.21. The Morgan fingerprint density at radius 3 is 2.65 bits per heavy atom. The number of nitrogens with one attached hydrogen (secondary N) is 2. The number of pyridine rings is 1. The standard InChI is InChI=1S/C14H18N4OS/c1-8(13-9(2)17-18-10(13)3)14(19)16-11-5-6-12(20-4)15-7-11/h5-8H,1-4H3,(H,16,19)(H,17,18)/t8-/m1/s1. The number of hydrogen-bond donors (Lipinski definition) is 2. The van der Waals surface area contributed by atoms with Crippen molar-refractivity contribution in [2.75, 3.05) is 11.6 Å². The number of rotatable bonds is 4. The molecule has 106 valence electrons. The Bertz CT molecular complexity index is 587. The van der Waals surface area contributed by atoms with E-state index in [2.05, 4.69) is 20.5 Å². The van der Waals surface area contributed by atoms with Crippen molar-refractivity contribution in [3.05, 3.63) is 35.3 Å². The summed E-state index contributed by atoms with van der Waals surface area (Å²) in [7, 11) is 0. The minimum absolute atomic E-state index is 0.0590. The Labute approximate surface area is 122 Å². The Morgan fingerprint density at radius 2 is 2.15 bits per heavy atom. The van der Waals surface area contributed by atoms with E-state index >= 15 is 0 Å². The molecular weight excluding hydrogens is 272 g/mol. The van der Waals surface area contributed by atoms with Crippen LogP contribution in [0.5, 0.6) is 0 Å². The Morgan fingerprint density at radius 1 is 1.40 bits per heavy atom. The van der Waals surface area contributed by atoms with Gasteiger partial charge in [-0.05, 0) is 39.2 Å². The zero-order chi connectivity index (χ0) is 14.7. The second-order valence-corrected chi connectivity index (χ2v) is 5.47. The average Bonchev–Trinajstić information content (AvgIpc) is 2.78. The number of carbonyl (C=O) groups excluding carboxylic acids is 1. The summed E-state index contributed by atoms with van der Waals surface area (Å²) in [6.45, 7) is 5.70. The average molecular weight is 290 g/mol. The van der Waals surface area contributed by atoms with Gasteiger partial charge < -0.3 is 5.32 Å². The molecule has 20 heavy (non-hydrogen) atoms. The number of anilines is 1. The van der Waals surface area contributed by atoms with Crippen LogP contribution in [0.1, 0.15) is 29.8 Å². The molecular formula is C14H18N4OS. The molecule has 0 bridgehead atoms. The monoisotopic (exact) mass is 290 g/mol. The van der Waals surface area contributed by atoms with Crippen molar-refractivity contribution < 1.29 is 4.79 Å². The van der Waals surface area contributed by atoms with Crippen molar-refractivity contribution in [3.63, 3.8) is 0 Å². The second kappa shape index (κ2) is 6.09. The first-order chi connectivity index (χ1) is 9.52. The second-order valence-electron chi connectivity index (χ2n) is 4.65. The summed E-state index contributed by atoms with van der Waals surface area (Å²) in [5.41, 5.74) is 3.46. The summed E-state index contributed by atoms with van der Waals surface area (Å²) < 4.78 is 0. The molecule has 0 aliphatic rings. The van der Waals surface area contributed by atoms with E-state index in [0.717, 1.165) is 22.0 Å². The molecule has 0 aliphatic carbocycles. The van der Waals surface area contributed by atoms with Crippen molar-refractivity contribution in [2.24, 2.45) is 0 Å². The van der Waals surface area contributed by atoms with Crippen LogP contribution in [0.15, 0.2) is 23.4 Å². The predicted molar refractivity (Wildman–Crippen MR) is 81.1 cm³/mol. The molecule has 2 rings (SSSR count). The van der Waals surface area contributed by atoms with Gasteiger partial charge in [-0.15, -0.1) is 11.8 Å². The van der Waals surface area contributed by atoms with E-state index in [9.17, 15) is 4.79 Å². The van der Waals surface area contributed by atoms with Crippen LogP contribution in [-0.4, -0.2) is 27.3 Å². The molecule has 5 nitrogen and oxygen atoms in total. The van der Waals surface area contributed by atoms with E-state index in [0.29, 0.717) is 5.69 Å². The Hall–Kier alpha value is -1.82. The van der Waals surface area contributed by atoms with Gasteiger partial charge in [-0.2, -0.15) is 5.10 Å². The molecule has 0 saturated carbocycles. The van der Waals surface area contributed by atoms with E-state index < -0.39 is 0 Å². The van der Waals surface area contributed by atoms with E-state index in [1.54, 1.807) is 18.0 Å². The summed E-state index contributed by atoms with van der Waals surface area (Å²) >= 11 is 1.57. The first-order valence-corrected chi connectivity index (χ1v) is 7.57. The lowest BCUT2D eigenvalue weighted by Gasteiger charge is -2.12. The zero-order valence-electron chi connectivity index (χ0n) is 12.0. The van der Waals surface area contributed by atoms with Crippen LogP contribution < -0.4 is 5.32 Å². The normalized spacial score (nSPS) is 12.2. The number of H-pyrrole nitrogens is 1. The van der Waals surface area contributed by atoms with Gasteiger partial charge in [-0.3, -0.25) is 9.89 Å². The molecule has 6 heteroatoms. The fraction of sp³-hybridized carbons (Fsp3) is 0.357. The summed E-state index contributed by atoms with van der Waals surface area (Å²) in [4.78, 5) is 16.5. The number of nitrogens with zero attached hydrogens (tertiary/aromatic N) is 2. The third-order valence-corrected chi connectivity index (χ3v) is 3.88. The number of thioether (sulfide) groups is 1. The molecule has 1 amide bonds. The zero-order valence-corrected chi connectivity index (χ0v) is 12.8. The lowest BCUT2D eigenvalue weighted by atomic mass is 9.98. The minimum Gasteiger partial charge on any atom is -0.324 e. The highest BCUT2D eigenvalue weighted by Crippen LogP contribution is 2.23. The van der Waals surface area contributed by atoms with Crippen molar-refractivity contribution in [1.29, 1.82) is 0 Å². The third-order valence-electron chi connectivity index (χ3n) is 3.22. The molecule has 0 unspecified atom stereocenters. The van der Waals surface area contributed by atoms with Crippen LogP contribution >= 0.6 is 11.8 Å². The van der Waals surface area contributed by atoms with Gasteiger partial charge >= 0.3 is 0 Å². The molecule has 1 atom stereocenters. The maximum Gasteiger partial charge on any atom is 0.231 e.